The zero-order valence-corrected chi connectivity index (χ0v) is 12.7. The van der Waals surface area contributed by atoms with Crippen LogP contribution in [0, 0.1) is 5.92 Å². The van der Waals surface area contributed by atoms with Gasteiger partial charge in [-0.05, 0) is 25.3 Å². The number of halogens is 1. The standard InChI is InChI=1S/C10H23N3O3S.ClH/c1-12(7-8-16-2)17(14,15)13-5-3-10(9-11)4-6-13;/h10H,3-9,11H2,1-2H3;1H. The molecule has 110 valence electrons. The van der Waals surface area contributed by atoms with Gasteiger partial charge in [-0.3, -0.25) is 0 Å². The van der Waals surface area contributed by atoms with Gasteiger partial charge < -0.3 is 10.5 Å². The number of nitrogens with two attached hydrogens (primary N) is 1. The minimum atomic E-state index is -3.32. The molecule has 1 rings (SSSR count). The van der Waals surface area contributed by atoms with Crippen LogP contribution in [0.4, 0.5) is 0 Å². The number of hydrogen-bond acceptors (Lipinski definition) is 4. The lowest BCUT2D eigenvalue weighted by atomic mass is 9.99. The third-order valence-corrected chi connectivity index (χ3v) is 5.23. The summed E-state index contributed by atoms with van der Waals surface area (Å²) in [6, 6.07) is 0. The van der Waals surface area contributed by atoms with Crippen molar-refractivity contribution in [1.82, 2.24) is 8.61 Å². The number of likely N-dealkylation sites (N-methyl/N-ethyl adjacent to an activating group) is 1. The maximum absolute atomic E-state index is 12.2. The first-order valence-corrected chi connectivity index (χ1v) is 7.32. The number of nitrogens with zero attached hydrogens (tertiary/aromatic N) is 2. The van der Waals surface area contributed by atoms with Gasteiger partial charge in [0.25, 0.3) is 10.2 Å². The van der Waals surface area contributed by atoms with E-state index in [1.54, 1.807) is 14.2 Å². The fourth-order valence-corrected chi connectivity index (χ4v) is 3.28. The van der Waals surface area contributed by atoms with E-state index < -0.39 is 10.2 Å². The molecule has 0 saturated carbocycles. The van der Waals surface area contributed by atoms with Crippen molar-refractivity contribution in [2.24, 2.45) is 11.7 Å². The van der Waals surface area contributed by atoms with Crippen LogP contribution in [0.5, 0.6) is 0 Å². The Morgan fingerprint density at radius 3 is 2.39 bits per heavy atom. The summed E-state index contributed by atoms with van der Waals surface area (Å²) >= 11 is 0. The molecule has 18 heavy (non-hydrogen) atoms. The van der Waals surface area contributed by atoms with Gasteiger partial charge in [0.1, 0.15) is 0 Å². The molecule has 1 fully saturated rings. The van der Waals surface area contributed by atoms with Gasteiger partial charge in [-0.15, -0.1) is 12.4 Å². The summed E-state index contributed by atoms with van der Waals surface area (Å²) in [6.07, 6.45) is 1.71. The molecule has 0 aromatic heterocycles. The summed E-state index contributed by atoms with van der Waals surface area (Å²) < 4.78 is 32.1. The molecule has 1 aliphatic rings. The topological polar surface area (TPSA) is 75.9 Å². The fraction of sp³-hybridized carbons (Fsp3) is 1.00. The highest BCUT2D eigenvalue weighted by molar-refractivity contribution is 7.86. The summed E-state index contributed by atoms with van der Waals surface area (Å²) in [5.41, 5.74) is 5.59. The van der Waals surface area contributed by atoms with Gasteiger partial charge in [0.15, 0.2) is 0 Å². The molecule has 0 aromatic rings. The van der Waals surface area contributed by atoms with Gasteiger partial charge >= 0.3 is 0 Å². The predicted molar refractivity (Wildman–Crippen MR) is 74.0 cm³/mol. The van der Waals surface area contributed by atoms with E-state index in [1.807, 2.05) is 0 Å². The minimum absolute atomic E-state index is 0. The van der Waals surface area contributed by atoms with E-state index in [0.29, 0.717) is 38.7 Å². The minimum Gasteiger partial charge on any atom is -0.383 e. The van der Waals surface area contributed by atoms with Crippen molar-refractivity contribution in [3.63, 3.8) is 0 Å². The lowest BCUT2D eigenvalue weighted by molar-refractivity contribution is 0.180. The van der Waals surface area contributed by atoms with Crippen molar-refractivity contribution >= 4 is 22.6 Å². The van der Waals surface area contributed by atoms with E-state index >= 15 is 0 Å². The Morgan fingerprint density at radius 2 is 1.94 bits per heavy atom. The second-order valence-electron chi connectivity index (χ2n) is 4.40. The molecule has 0 unspecified atom stereocenters. The predicted octanol–water partition coefficient (Wildman–Crippen LogP) is -0.0981. The van der Waals surface area contributed by atoms with Crippen LogP contribution >= 0.6 is 12.4 Å². The molecule has 2 N–H and O–H groups in total. The molecule has 0 aromatic carbocycles. The highest BCUT2D eigenvalue weighted by atomic mass is 35.5. The Kier molecular flexibility index (Phi) is 8.33. The van der Waals surface area contributed by atoms with Crippen LogP contribution < -0.4 is 5.73 Å². The lowest BCUT2D eigenvalue weighted by Gasteiger charge is -2.33. The first-order chi connectivity index (χ1) is 8.02. The van der Waals surface area contributed by atoms with Crippen molar-refractivity contribution < 1.29 is 13.2 Å². The molecule has 1 heterocycles. The smallest absolute Gasteiger partial charge is 0.281 e. The van der Waals surface area contributed by atoms with Crippen molar-refractivity contribution in [2.75, 3.05) is 46.9 Å². The molecule has 1 aliphatic heterocycles. The largest absolute Gasteiger partial charge is 0.383 e. The van der Waals surface area contributed by atoms with Crippen molar-refractivity contribution in [2.45, 2.75) is 12.8 Å². The molecule has 0 atom stereocenters. The number of rotatable bonds is 6. The molecular formula is C10H24ClN3O3S. The zero-order chi connectivity index (χ0) is 12.9. The molecular weight excluding hydrogens is 278 g/mol. The van der Waals surface area contributed by atoms with E-state index in [1.165, 1.54) is 8.61 Å². The summed E-state index contributed by atoms with van der Waals surface area (Å²) in [5.74, 6) is 0.464. The first-order valence-electron chi connectivity index (χ1n) is 5.92. The quantitative estimate of drug-likeness (QED) is 0.743. The zero-order valence-electron chi connectivity index (χ0n) is 11.0. The molecule has 0 amide bonds. The normalized spacial score (nSPS) is 18.9. The number of ether oxygens (including phenoxy) is 1. The average molecular weight is 302 g/mol. The molecule has 0 spiro atoms. The van der Waals surface area contributed by atoms with Crippen molar-refractivity contribution in [3.05, 3.63) is 0 Å². The van der Waals surface area contributed by atoms with Crippen molar-refractivity contribution in [1.29, 1.82) is 0 Å². The van der Waals surface area contributed by atoms with Crippen LogP contribution in [-0.4, -0.2) is 64.0 Å². The average Bonchev–Trinajstić information content (AvgIpc) is 2.35. The maximum atomic E-state index is 12.2. The third kappa shape index (κ3) is 4.64. The highest BCUT2D eigenvalue weighted by Crippen LogP contribution is 2.19. The Hall–Kier alpha value is 0.0800. The van der Waals surface area contributed by atoms with Crippen LogP contribution in [0.2, 0.25) is 0 Å². The molecule has 0 aliphatic carbocycles. The Morgan fingerprint density at radius 1 is 1.39 bits per heavy atom. The van der Waals surface area contributed by atoms with E-state index in [4.69, 9.17) is 10.5 Å². The van der Waals surface area contributed by atoms with Gasteiger partial charge in [0, 0.05) is 33.8 Å². The highest BCUT2D eigenvalue weighted by Gasteiger charge is 2.30. The number of methoxy groups -OCH3 is 1. The van der Waals surface area contributed by atoms with E-state index in [0.717, 1.165) is 12.8 Å². The molecule has 0 radical (unpaired) electrons. The monoisotopic (exact) mass is 301 g/mol. The van der Waals surface area contributed by atoms with Crippen LogP contribution in [-0.2, 0) is 14.9 Å². The van der Waals surface area contributed by atoms with Crippen molar-refractivity contribution in [3.8, 4) is 0 Å². The van der Waals surface area contributed by atoms with Crippen LogP contribution in [0.3, 0.4) is 0 Å². The third-order valence-electron chi connectivity index (χ3n) is 3.24. The Labute approximate surface area is 116 Å². The Balaban J connectivity index is 0.00000289. The van der Waals surface area contributed by atoms with E-state index in [9.17, 15) is 8.42 Å². The number of piperidine rings is 1. The molecule has 6 nitrogen and oxygen atoms in total. The second kappa shape index (κ2) is 8.29. The summed E-state index contributed by atoms with van der Waals surface area (Å²) in [4.78, 5) is 0. The Bertz CT molecular complexity index is 318. The van der Waals surface area contributed by atoms with E-state index in [2.05, 4.69) is 0 Å². The van der Waals surface area contributed by atoms with Crippen LogP contribution in [0.1, 0.15) is 12.8 Å². The summed E-state index contributed by atoms with van der Waals surface area (Å²) in [6.45, 7) is 2.58. The van der Waals surface area contributed by atoms with Gasteiger partial charge in [0.2, 0.25) is 0 Å². The van der Waals surface area contributed by atoms with E-state index in [-0.39, 0.29) is 12.4 Å². The summed E-state index contributed by atoms with van der Waals surface area (Å²) in [5, 5.41) is 0. The summed E-state index contributed by atoms with van der Waals surface area (Å²) in [7, 11) is -0.171. The van der Waals surface area contributed by atoms with Gasteiger partial charge in [-0.25, -0.2) is 0 Å². The maximum Gasteiger partial charge on any atom is 0.281 e. The van der Waals surface area contributed by atoms with Gasteiger partial charge in [-0.2, -0.15) is 17.0 Å². The lowest BCUT2D eigenvalue weighted by Crippen LogP contribution is -2.47. The number of hydrogen-bond donors (Lipinski definition) is 1. The van der Waals surface area contributed by atoms with Crippen LogP contribution in [0.25, 0.3) is 0 Å². The fourth-order valence-electron chi connectivity index (χ4n) is 1.91. The first kappa shape index (κ1) is 18.1. The second-order valence-corrected chi connectivity index (χ2v) is 6.44. The van der Waals surface area contributed by atoms with Gasteiger partial charge in [-0.1, -0.05) is 0 Å². The van der Waals surface area contributed by atoms with Crippen LogP contribution in [0.15, 0.2) is 0 Å². The SMILES string of the molecule is COCCN(C)S(=O)(=O)N1CCC(CN)CC1.Cl. The molecule has 1 saturated heterocycles. The van der Waals surface area contributed by atoms with Gasteiger partial charge in [0.05, 0.1) is 6.61 Å². The molecule has 8 heteroatoms. The molecule has 0 bridgehead atoms.